The largest absolute Gasteiger partial charge is 0.473 e. The predicted octanol–water partition coefficient (Wildman–Crippen LogP) is 3.38. The van der Waals surface area contributed by atoms with Gasteiger partial charge in [-0.2, -0.15) is 4.98 Å². The molecule has 0 spiro atoms. The lowest BCUT2D eigenvalue weighted by Crippen LogP contribution is -2.09. The number of hydrogen-bond donors (Lipinski definition) is 1. The summed E-state index contributed by atoms with van der Waals surface area (Å²) in [7, 11) is 0. The highest BCUT2D eigenvalue weighted by molar-refractivity contribution is 5.49. The summed E-state index contributed by atoms with van der Waals surface area (Å²) in [6.45, 7) is 3.73. The maximum absolute atomic E-state index is 13.5. The van der Waals surface area contributed by atoms with Gasteiger partial charge in [-0.05, 0) is 32.0 Å². The molecule has 19 heavy (non-hydrogen) atoms. The molecule has 5 heteroatoms. The molecule has 0 aliphatic rings. The first-order valence-corrected chi connectivity index (χ1v) is 5.92. The molecule has 0 atom stereocenters. The molecule has 0 unspecified atom stereocenters. The van der Waals surface area contributed by atoms with E-state index in [0.717, 1.165) is 0 Å². The average Bonchev–Trinajstić information content (AvgIpc) is 2.35. The Hall–Kier alpha value is -2.30. The van der Waals surface area contributed by atoms with Crippen molar-refractivity contribution in [3.8, 4) is 17.5 Å². The zero-order chi connectivity index (χ0) is 13.8. The lowest BCUT2D eigenvalue weighted by atomic mass is 10.3. The van der Waals surface area contributed by atoms with Crippen molar-refractivity contribution in [3.63, 3.8) is 0 Å². The van der Waals surface area contributed by atoms with Gasteiger partial charge in [0.1, 0.15) is 0 Å². The standard InChI is InChI=1S/C14H15FN2O2/c1-9(2)18-14-11(16)7-8-13(17-14)19-12-6-4-3-5-10(12)15/h3-9H,16H2,1-2H3. The fraction of sp³-hybridized carbons (Fsp3) is 0.214. The van der Waals surface area contributed by atoms with Gasteiger partial charge in [0.15, 0.2) is 11.6 Å². The second-order valence-electron chi connectivity index (χ2n) is 4.24. The van der Waals surface area contributed by atoms with E-state index in [1.807, 2.05) is 13.8 Å². The third-order valence-corrected chi connectivity index (χ3v) is 2.26. The van der Waals surface area contributed by atoms with Crippen LogP contribution in [-0.4, -0.2) is 11.1 Å². The van der Waals surface area contributed by atoms with Gasteiger partial charge in [0.2, 0.25) is 11.8 Å². The minimum absolute atomic E-state index is 0.0569. The summed E-state index contributed by atoms with van der Waals surface area (Å²) in [5.41, 5.74) is 6.16. The number of nitrogens with two attached hydrogens (primary N) is 1. The highest BCUT2D eigenvalue weighted by atomic mass is 19.1. The summed E-state index contributed by atoms with van der Waals surface area (Å²) < 4.78 is 24.3. The number of aromatic nitrogens is 1. The van der Waals surface area contributed by atoms with E-state index >= 15 is 0 Å². The Morgan fingerprint density at radius 1 is 1.16 bits per heavy atom. The maximum atomic E-state index is 13.5. The first-order valence-electron chi connectivity index (χ1n) is 5.92. The number of halogens is 1. The molecular formula is C14H15FN2O2. The average molecular weight is 262 g/mol. The number of ether oxygens (including phenoxy) is 2. The SMILES string of the molecule is CC(C)Oc1nc(Oc2ccccc2F)ccc1N. The van der Waals surface area contributed by atoms with E-state index in [2.05, 4.69) is 4.98 Å². The summed E-state index contributed by atoms with van der Waals surface area (Å²) in [4.78, 5) is 4.11. The number of pyridine rings is 1. The molecule has 0 bridgehead atoms. The van der Waals surface area contributed by atoms with E-state index in [9.17, 15) is 4.39 Å². The molecule has 100 valence electrons. The zero-order valence-corrected chi connectivity index (χ0v) is 10.8. The van der Waals surface area contributed by atoms with Gasteiger partial charge < -0.3 is 15.2 Å². The third-order valence-electron chi connectivity index (χ3n) is 2.26. The van der Waals surface area contributed by atoms with Crippen LogP contribution in [0.4, 0.5) is 10.1 Å². The van der Waals surface area contributed by atoms with E-state index in [4.69, 9.17) is 15.2 Å². The Kier molecular flexibility index (Phi) is 3.85. The van der Waals surface area contributed by atoms with Gasteiger partial charge in [-0.3, -0.25) is 0 Å². The number of anilines is 1. The molecule has 2 rings (SSSR count). The minimum Gasteiger partial charge on any atom is -0.473 e. The summed E-state index contributed by atoms with van der Waals surface area (Å²) in [5.74, 6) is 0.168. The van der Waals surface area contributed by atoms with Gasteiger partial charge >= 0.3 is 0 Å². The van der Waals surface area contributed by atoms with Crippen molar-refractivity contribution in [2.24, 2.45) is 0 Å². The molecule has 0 radical (unpaired) electrons. The normalized spacial score (nSPS) is 10.5. The fourth-order valence-corrected chi connectivity index (χ4v) is 1.45. The number of nitrogens with zero attached hydrogens (tertiary/aromatic N) is 1. The van der Waals surface area contributed by atoms with Crippen LogP contribution in [0.5, 0.6) is 17.5 Å². The molecule has 1 aromatic heterocycles. The predicted molar refractivity (Wildman–Crippen MR) is 70.9 cm³/mol. The minimum atomic E-state index is -0.451. The molecule has 4 nitrogen and oxygen atoms in total. The van der Waals surface area contributed by atoms with E-state index < -0.39 is 5.82 Å². The first-order chi connectivity index (χ1) is 9.06. The highest BCUT2D eigenvalue weighted by Gasteiger charge is 2.09. The van der Waals surface area contributed by atoms with Crippen LogP contribution in [0.2, 0.25) is 0 Å². The first kappa shape index (κ1) is 13.1. The molecule has 0 amide bonds. The van der Waals surface area contributed by atoms with E-state index in [0.29, 0.717) is 5.69 Å². The van der Waals surface area contributed by atoms with E-state index in [1.165, 1.54) is 12.1 Å². The van der Waals surface area contributed by atoms with Crippen LogP contribution in [0.1, 0.15) is 13.8 Å². The van der Waals surface area contributed by atoms with Crippen molar-refractivity contribution in [2.45, 2.75) is 20.0 Å². The van der Waals surface area contributed by atoms with Crippen molar-refractivity contribution < 1.29 is 13.9 Å². The molecule has 2 aromatic rings. The zero-order valence-electron chi connectivity index (χ0n) is 10.8. The monoisotopic (exact) mass is 262 g/mol. The number of para-hydroxylation sites is 1. The van der Waals surface area contributed by atoms with Crippen LogP contribution in [0.25, 0.3) is 0 Å². The van der Waals surface area contributed by atoms with Gasteiger partial charge in [0, 0.05) is 6.07 Å². The highest BCUT2D eigenvalue weighted by Crippen LogP contribution is 2.27. The Labute approximate surface area is 111 Å². The second-order valence-corrected chi connectivity index (χ2v) is 4.24. The lowest BCUT2D eigenvalue weighted by molar-refractivity contribution is 0.232. The second kappa shape index (κ2) is 5.56. The number of nitrogen functional groups attached to an aromatic ring is 1. The fourth-order valence-electron chi connectivity index (χ4n) is 1.45. The molecular weight excluding hydrogens is 247 g/mol. The van der Waals surface area contributed by atoms with Crippen molar-refractivity contribution >= 4 is 5.69 Å². The van der Waals surface area contributed by atoms with Crippen molar-refractivity contribution in [2.75, 3.05) is 5.73 Å². The summed E-state index contributed by atoms with van der Waals surface area (Å²) in [6.07, 6.45) is -0.0569. The maximum Gasteiger partial charge on any atom is 0.240 e. The van der Waals surface area contributed by atoms with Crippen molar-refractivity contribution in [1.29, 1.82) is 0 Å². The van der Waals surface area contributed by atoms with Crippen LogP contribution in [0.15, 0.2) is 36.4 Å². The molecule has 1 heterocycles. The summed E-state index contributed by atoms with van der Waals surface area (Å²) in [6, 6.07) is 9.29. The lowest BCUT2D eigenvalue weighted by Gasteiger charge is -2.12. The van der Waals surface area contributed by atoms with Gasteiger partial charge in [0.25, 0.3) is 0 Å². The quantitative estimate of drug-likeness (QED) is 0.917. The van der Waals surface area contributed by atoms with E-state index in [1.54, 1.807) is 24.3 Å². The molecule has 2 N–H and O–H groups in total. The van der Waals surface area contributed by atoms with Crippen molar-refractivity contribution in [3.05, 3.63) is 42.2 Å². The number of hydrogen-bond acceptors (Lipinski definition) is 4. The topological polar surface area (TPSA) is 57.4 Å². The Balaban J connectivity index is 2.24. The number of benzene rings is 1. The molecule has 0 fully saturated rings. The van der Waals surface area contributed by atoms with Crippen LogP contribution in [0, 0.1) is 5.82 Å². The molecule has 0 aliphatic heterocycles. The smallest absolute Gasteiger partial charge is 0.240 e. The molecule has 1 aromatic carbocycles. The van der Waals surface area contributed by atoms with Crippen LogP contribution < -0.4 is 15.2 Å². The molecule has 0 aliphatic carbocycles. The van der Waals surface area contributed by atoms with Gasteiger partial charge in [-0.25, -0.2) is 4.39 Å². The third kappa shape index (κ3) is 3.34. The van der Waals surface area contributed by atoms with Gasteiger partial charge in [0.05, 0.1) is 11.8 Å². The Bertz CT molecular complexity index is 573. The van der Waals surface area contributed by atoms with E-state index in [-0.39, 0.29) is 23.6 Å². The van der Waals surface area contributed by atoms with Gasteiger partial charge in [-0.15, -0.1) is 0 Å². The van der Waals surface area contributed by atoms with Crippen molar-refractivity contribution in [1.82, 2.24) is 4.98 Å². The Morgan fingerprint density at radius 3 is 2.58 bits per heavy atom. The van der Waals surface area contributed by atoms with Crippen LogP contribution in [-0.2, 0) is 0 Å². The summed E-state index contributed by atoms with van der Waals surface area (Å²) >= 11 is 0. The number of rotatable bonds is 4. The van der Waals surface area contributed by atoms with Gasteiger partial charge in [-0.1, -0.05) is 12.1 Å². The molecule has 0 saturated heterocycles. The Morgan fingerprint density at radius 2 is 1.89 bits per heavy atom. The summed E-state index contributed by atoms with van der Waals surface area (Å²) in [5, 5.41) is 0. The van der Waals surface area contributed by atoms with Crippen LogP contribution >= 0.6 is 0 Å². The van der Waals surface area contributed by atoms with Crippen LogP contribution in [0.3, 0.4) is 0 Å². The molecule has 0 saturated carbocycles.